The predicted molar refractivity (Wildman–Crippen MR) is 137 cm³/mol. The number of fused-ring (bicyclic) bond motifs is 1. The van der Waals surface area contributed by atoms with Crippen molar-refractivity contribution in [2.45, 2.75) is 106 Å². The van der Waals surface area contributed by atoms with E-state index in [4.69, 9.17) is 0 Å². The zero-order valence-corrected chi connectivity index (χ0v) is 21.7. The molecule has 31 heavy (non-hydrogen) atoms. The van der Waals surface area contributed by atoms with Crippen LogP contribution in [0.1, 0.15) is 110 Å². The van der Waals surface area contributed by atoms with E-state index in [-0.39, 0.29) is 0 Å². The van der Waals surface area contributed by atoms with Crippen LogP contribution in [0.3, 0.4) is 0 Å². The van der Waals surface area contributed by atoms with Crippen molar-refractivity contribution in [3.8, 4) is 0 Å². The fraction of sp³-hybridized carbons (Fsp3) is 0.742. The van der Waals surface area contributed by atoms with Crippen molar-refractivity contribution in [2.24, 2.45) is 40.9 Å². The van der Waals surface area contributed by atoms with Gasteiger partial charge in [0, 0.05) is 0 Å². The van der Waals surface area contributed by atoms with Gasteiger partial charge in [0.2, 0.25) is 0 Å². The molecule has 0 aliphatic heterocycles. The second-order valence-electron chi connectivity index (χ2n) is 11.3. The van der Waals surface area contributed by atoms with E-state index >= 15 is 0 Å². The van der Waals surface area contributed by atoms with Crippen LogP contribution in [0.15, 0.2) is 36.4 Å². The van der Waals surface area contributed by atoms with E-state index in [1.54, 1.807) is 16.7 Å². The minimum Gasteiger partial charge on any atom is -0.0993 e. The lowest BCUT2D eigenvalue weighted by atomic mass is 9.44. The van der Waals surface area contributed by atoms with E-state index in [9.17, 15) is 0 Å². The molecular weight excluding hydrogens is 372 g/mol. The second kappa shape index (κ2) is 10.3. The zero-order valence-electron chi connectivity index (χ0n) is 21.7. The maximum Gasteiger partial charge on any atom is -0.00164 e. The summed E-state index contributed by atoms with van der Waals surface area (Å²) in [5.41, 5.74) is 5.09. The number of allylic oxidation sites excluding steroid dienone is 1. The van der Waals surface area contributed by atoms with Crippen LogP contribution in [0.25, 0.3) is 0 Å². The molecule has 0 saturated heterocycles. The average Bonchev–Trinajstić information content (AvgIpc) is 3.29. The highest BCUT2D eigenvalue weighted by Gasteiger charge is 2.63. The third-order valence-corrected chi connectivity index (χ3v) is 9.56. The lowest BCUT2D eigenvalue weighted by Crippen LogP contribution is -2.52. The highest BCUT2D eigenvalue weighted by molar-refractivity contribution is 5.41. The summed E-state index contributed by atoms with van der Waals surface area (Å²) >= 11 is 0. The molecule has 0 amide bonds. The molecule has 1 aromatic carbocycles. The smallest absolute Gasteiger partial charge is 0.00164 e. The third-order valence-electron chi connectivity index (χ3n) is 9.56. The Labute approximate surface area is 194 Å². The number of benzene rings is 1. The van der Waals surface area contributed by atoms with Crippen molar-refractivity contribution in [1.82, 2.24) is 0 Å². The molecule has 3 aliphatic rings. The first kappa shape index (κ1) is 24.6. The van der Waals surface area contributed by atoms with Crippen molar-refractivity contribution in [3.63, 3.8) is 0 Å². The Bertz CT molecular complexity index is 729. The maximum atomic E-state index is 4.68. The quantitative estimate of drug-likeness (QED) is 0.384. The first-order valence-corrected chi connectivity index (χ1v) is 13.7. The Morgan fingerprint density at radius 3 is 2.35 bits per heavy atom. The van der Waals surface area contributed by atoms with Gasteiger partial charge in [0.05, 0.1) is 0 Å². The number of hydrogen-bond acceptors (Lipinski definition) is 0. The van der Waals surface area contributed by atoms with Crippen LogP contribution in [-0.2, 0) is 6.42 Å². The summed E-state index contributed by atoms with van der Waals surface area (Å²) in [4.78, 5) is 0. The summed E-state index contributed by atoms with van der Waals surface area (Å²) in [6.07, 6.45) is 11.0. The second-order valence-corrected chi connectivity index (χ2v) is 11.3. The summed E-state index contributed by atoms with van der Waals surface area (Å²) in [5, 5.41) is 0. The summed E-state index contributed by atoms with van der Waals surface area (Å²) < 4.78 is 0. The molecule has 174 valence electrons. The van der Waals surface area contributed by atoms with Crippen LogP contribution in [0.2, 0.25) is 0 Å². The Morgan fingerprint density at radius 2 is 1.74 bits per heavy atom. The largest absolute Gasteiger partial charge is 0.0993 e. The molecule has 0 spiro atoms. The molecule has 0 N–H and O–H groups in total. The molecule has 3 saturated carbocycles. The van der Waals surface area contributed by atoms with Crippen molar-refractivity contribution >= 4 is 0 Å². The highest BCUT2D eigenvalue weighted by atomic mass is 14.7. The van der Waals surface area contributed by atoms with Crippen LogP contribution >= 0.6 is 0 Å². The van der Waals surface area contributed by atoms with Crippen LogP contribution in [0, 0.1) is 40.9 Å². The number of rotatable bonds is 7. The van der Waals surface area contributed by atoms with Gasteiger partial charge in [-0.2, -0.15) is 0 Å². The molecule has 0 nitrogen and oxygen atoms in total. The van der Waals surface area contributed by atoms with E-state index in [2.05, 4.69) is 65.5 Å². The molecule has 0 heteroatoms. The van der Waals surface area contributed by atoms with Crippen molar-refractivity contribution in [2.75, 3.05) is 0 Å². The number of aryl methyl sites for hydroxylation is 1. The van der Waals surface area contributed by atoms with Gasteiger partial charge in [0.1, 0.15) is 0 Å². The van der Waals surface area contributed by atoms with Gasteiger partial charge in [-0.1, -0.05) is 91.3 Å². The molecular formula is C31H50. The van der Waals surface area contributed by atoms with E-state index in [1.165, 1.54) is 44.9 Å². The third kappa shape index (κ3) is 4.43. The van der Waals surface area contributed by atoms with Gasteiger partial charge < -0.3 is 0 Å². The molecule has 0 aromatic heterocycles. The van der Waals surface area contributed by atoms with Crippen LogP contribution in [-0.4, -0.2) is 0 Å². The number of hydrogen-bond donors (Lipinski definition) is 0. The lowest BCUT2D eigenvalue weighted by molar-refractivity contribution is -0.0105. The van der Waals surface area contributed by atoms with Crippen molar-refractivity contribution in [3.05, 3.63) is 47.5 Å². The van der Waals surface area contributed by atoms with E-state index < -0.39 is 0 Å². The van der Waals surface area contributed by atoms with Gasteiger partial charge >= 0.3 is 0 Å². The molecule has 3 fully saturated rings. The summed E-state index contributed by atoms with van der Waals surface area (Å²) in [5.74, 6) is 6.30. The van der Waals surface area contributed by atoms with E-state index in [0.29, 0.717) is 11.3 Å². The predicted octanol–water partition coefficient (Wildman–Crippen LogP) is 9.45. The lowest BCUT2D eigenvalue weighted by Gasteiger charge is -2.60. The van der Waals surface area contributed by atoms with Crippen LogP contribution in [0.5, 0.6) is 0 Å². The minimum absolute atomic E-state index is 0.315. The normalized spacial score (nSPS) is 38.7. The molecule has 0 radical (unpaired) electrons. The summed E-state index contributed by atoms with van der Waals surface area (Å²) in [6, 6.07) is 9.33. The van der Waals surface area contributed by atoms with E-state index in [0.717, 1.165) is 41.9 Å². The monoisotopic (exact) mass is 422 g/mol. The Hall–Kier alpha value is -1.04. The molecule has 0 bridgehead atoms. The molecule has 3 aliphatic carbocycles. The van der Waals surface area contributed by atoms with Gasteiger partial charge in [-0.25, -0.2) is 0 Å². The van der Waals surface area contributed by atoms with Gasteiger partial charge in [-0.15, -0.1) is 0 Å². The first-order valence-electron chi connectivity index (χ1n) is 13.7. The average molecular weight is 423 g/mol. The van der Waals surface area contributed by atoms with Gasteiger partial charge in [0.25, 0.3) is 0 Å². The zero-order chi connectivity index (χ0) is 22.8. The summed E-state index contributed by atoms with van der Waals surface area (Å²) in [6.45, 7) is 20.9. The fourth-order valence-electron chi connectivity index (χ4n) is 8.18. The van der Waals surface area contributed by atoms with Gasteiger partial charge in [-0.3, -0.25) is 0 Å². The maximum absolute atomic E-state index is 4.68. The topological polar surface area (TPSA) is 0 Å². The Kier molecular flexibility index (Phi) is 8.15. The Morgan fingerprint density at radius 1 is 1.03 bits per heavy atom. The Balaban J connectivity index is 0.00000132. The minimum atomic E-state index is 0.315. The van der Waals surface area contributed by atoms with Gasteiger partial charge in [0.15, 0.2) is 0 Å². The summed E-state index contributed by atoms with van der Waals surface area (Å²) in [7, 11) is 0. The molecule has 4 rings (SSSR count). The highest BCUT2D eigenvalue weighted by Crippen LogP contribution is 2.72. The van der Waals surface area contributed by atoms with Crippen molar-refractivity contribution in [1.29, 1.82) is 0 Å². The standard InChI is InChI=1S/C29H44.C2H6/c1-7-11-21(5)29(6)27-18-22(16-24-15-19(3)14-20(24)4)17-26(27)28(29)25-13-10-9-12-23(25)8-2;1-2/h9-10,12-13,19-20,22,24,26-28H,5,7-8,11,14-18H2,1-4,6H3;1-2H3/t19?,20-,22-,24?,26?,27?,28?,29?;/m1./s1. The molecule has 8 atom stereocenters. The molecule has 6 unspecified atom stereocenters. The van der Waals surface area contributed by atoms with Crippen molar-refractivity contribution < 1.29 is 0 Å². The SMILES string of the molecule is C=C(CCC)C1(C)C2C[C@H](CC3CC(C)C[C@H]3C)CC2C1c1ccccc1CC.CC. The first-order chi connectivity index (χ1) is 14.9. The van der Waals surface area contributed by atoms with Crippen LogP contribution in [0.4, 0.5) is 0 Å². The molecule has 1 aromatic rings. The molecule has 0 heterocycles. The van der Waals surface area contributed by atoms with Crippen LogP contribution < -0.4 is 0 Å². The fourth-order valence-corrected chi connectivity index (χ4v) is 8.18. The van der Waals surface area contributed by atoms with E-state index in [1.807, 2.05) is 13.8 Å². The van der Waals surface area contributed by atoms with Gasteiger partial charge in [-0.05, 0) is 103 Å².